The third-order valence-corrected chi connectivity index (χ3v) is 11.7. The number of fused-ring (bicyclic) bond motifs is 5. The molecule has 0 unspecified atom stereocenters. The minimum absolute atomic E-state index is 0.117. The predicted octanol–water partition coefficient (Wildman–Crippen LogP) is 8.37. The van der Waals surface area contributed by atoms with Gasteiger partial charge < -0.3 is 9.84 Å². The lowest BCUT2D eigenvalue weighted by atomic mass is 9.47. The Kier molecular flexibility index (Phi) is 7.42. The Morgan fingerprint density at radius 1 is 1.08 bits per heavy atom. The highest BCUT2D eigenvalue weighted by atomic mass is 16.6. The fourth-order valence-corrected chi connectivity index (χ4v) is 9.60. The first-order valence-corrected chi connectivity index (χ1v) is 15.2. The van der Waals surface area contributed by atoms with Crippen LogP contribution < -0.4 is 0 Å². The van der Waals surface area contributed by atoms with E-state index in [-0.39, 0.29) is 12.1 Å². The molecular weight excluding hydrogens is 456 g/mol. The summed E-state index contributed by atoms with van der Waals surface area (Å²) < 4.78 is 5.90. The number of ether oxygens (including phenoxy) is 1. The van der Waals surface area contributed by atoms with Gasteiger partial charge in [-0.3, -0.25) is 0 Å². The number of hydrogen-bond donors (Lipinski definition) is 1. The van der Waals surface area contributed by atoms with Gasteiger partial charge in [0.15, 0.2) is 0 Å². The molecule has 3 nitrogen and oxygen atoms in total. The first kappa shape index (κ1) is 27.0. The maximum absolute atomic E-state index is 12.6. The molecule has 0 bridgehead atoms. The van der Waals surface area contributed by atoms with E-state index in [9.17, 15) is 9.90 Å². The standard InChI is InChI=1S/C34H50O3/c1-23(10-9-19-32(2,3)37-31(36)24-11-7-6-8-12-24)28-15-16-29-27-14-13-25-22-26(35)17-20-33(25,4)30(27)18-21-34(28,29)5/h6-8,11-13,23,26-30,35H,9-10,14-22H2,1-5H3/t23-,26+,27+,28-,29+,30+,33+,34-/m1/s1. The number of carbonyl (C=O) groups excluding carboxylic acids is 1. The van der Waals surface area contributed by atoms with Gasteiger partial charge in [-0.2, -0.15) is 0 Å². The van der Waals surface area contributed by atoms with Crippen LogP contribution in [0.5, 0.6) is 0 Å². The van der Waals surface area contributed by atoms with E-state index in [0.29, 0.717) is 22.3 Å². The molecule has 204 valence electrons. The van der Waals surface area contributed by atoms with Gasteiger partial charge in [0.2, 0.25) is 0 Å². The van der Waals surface area contributed by atoms with Crippen LogP contribution in [0, 0.1) is 40.4 Å². The summed E-state index contributed by atoms with van der Waals surface area (Å²) in [5, 5.41) is 10.3. The van der Waals surface area contributed by atoms with E-state index < -0.39 is 5.60 Å². The summed E-state index contributed by atoms with van der Waals surface area (Å²) in [4.78, 5) is 12.6. The molecule has 4 aliphatic rings. The summed E-state index contributed by atoms with van der Waals surface area (Å²) in [6.07, 6.45) is 15.5. The molecule has 37 heavy (non-hydrogen) atoms. The summed E-state index contributed by atoms with van der Waals surface area (Å²) in [6.45, 7) is 11.8. The van der Waals surface area contributed by atoms with Crippen molar-refractivity contribution in [2.75, 3.05) is 0 Å². The topological polar surface area (TPSA) is 46.5 Å². The van der Waals surface area contributed by atoms with Crippen LogP contribution in [0.1, 0.15) is 116 Å². The number of aliphatic hydroxyl groups excluding tert-OH is 1. The van der Waals surface area contributed by atoms with Crippen LogP contribution in [0.15, 0.2) is 42.0 Å². The maximum atomic E-state index is 12.6. The summed E-state index contributed by atoms with van der Waals surface area (Å²) in [6, 6.07) is 9.35. The molecule has 1 aromatic rings. The minimum Gasteiger partial charge on any atom is -0.456 e. The zero-order valence-corrected chi connectivity index (χ0v) is 24.0. The average Bonchev–Trinajstić information content (AvgIpc) is 3.22. The van der Waals surface area contributed by atoms with Crippen LogP contribution in [0.2, 0.25) is 0 Å². The van der Waals surface area contributed by atoms with E-state index in [2.05, 4.69) is 40.7 Å². The minimum atomic E-state index is -0.442. The van der Waals surface area contributed by atoms with E-state index in [1.807, 2.05) is 30.3 Å². The first-order chi connectivity index (χ1) is 17.5. The number of benzene rings is 1. The van der Waals surface area contributed by atoms with E-state index in [1.54, 1.807) is 5.57 Å². The van der Waals surface area contributed by atoms with Crippen molar-refractivity contribution < 1.29 is 14.6 Å². The molecule has 3 saturated carbocycles. The molecule has 0 amide bonds. The van der Waals surface area contributed by atoms with Gasteiger partial charge in [-0.1, -0.05) is 57.0 Å². The SMILES string of the molecule is C[C@H](CCCC(C)(C)OC(=O)c1ccccc1)[C@H]1CC[C@H]2[C@@H]3CC=C4C[C@@H](O)CC[C@]4(C)[C@H]3CC[C@]12C. The smallest absolute Gasteiger partial charge is 0.338 e. The van der Waals surface area contributed by atoms with Gasteiger partial charge in [0, 0.05) is 0 Å². The average molecular weight is 507 g/mol. The van der Waals surface area contributed by atoms with Crippen LogP contribution in [-0.2, 0) is 4.74 Å². The van der Waals surface area contributed by atoms with Crippen molar-refractivity contribution in [1.29, 1.82) is 0 Å². The lowest BCUT2D eigenvalue weighted by Gasteiger charge is -2.58. The molecule has 0 aromatic heterocycles. The molecule has 0 aliphatic heterocycles. The largest absolute Gasteiger partial charge is 0.456 e. The summed E-state index contributed by atoms with van der Waals surface area (Å²) in [5.41, 5.74) is 2.56. The highest BCUT2D eigenvalue weighted by molar-refractivity contribution is 5.89. The van der Waals surface area contributed by atoms with Crippen molar-refractivity contribution in [2.24, 2.45) is 40.4 Å². The molecule has 4 aliphatic carbocycles. The summed E-state index contributed by atoms with van der Waals surface area (Å²) in [7, 11) is 0. The van der Waals surface area contributed by atoms with E-state index >= 15 is 0 Å². The Labute approximate surface area is 225 Å². The quantitative estimate of drug-likeness (QED) is 0.298. The fourth-order valence-electron chi connectivity index (χ4n) is 9.60. The summed E-state index contributed by atoms with van der Waals surface area (Å²) >= 11 is 0. The van der Waals surface area contributed by atoms with Crippen LogP contribution in [-0.4, -0.2) is 22.8 Å². The van der Waals surface area contributed by atoms with Gasteiger partial charge in [0.1, 0.15) is 5.60 Å². The molecule has 8 atom stereocenters. The second-order valence-corrected chi connectivity index (χ2v) is 14.3. The fraction of sp³-hybridized carbons (Fsp3) is 0.735. The van der Waals surface area contributed by atoms with Crippen molar-refractivity contribution in [2.45, 2.75) is 117 Å². The highest BCUT2D eigenvalue weighted by Gasteiger charge is 2.59. The molecule has 5 rings (SSSR count). The van der Waals surface area contributed by atoms with Crippen molar-refractivity contribution in [3.8, 4) is 0 Å². The third kappa shape index (κ3) is 5.07. The number of aliphatic hydroxyl groups is 1. The van der Waals surface area contributed by atoms with Gasteiger partial charge in [-0.05, 0) is 131 Å². The van der Waals surface area contributed by atoms with Gasteiger partial charge in [-0.25, -0.2) is 4.79 Å². The molecule has 1 aromatic carbocycles. The van der Waals surface area contributed by atoms with Crippen molar-refractivity contribution in [1.82, 2.24) is 0 Å². The first-order valence-electron chi connectivity index (χ1n) is 15.2. The molecule has 0 radical (unpaired) electrons. The van der Waals surface area contributed by atoms with Crippen LogP contribution >= 0.6 is 0 Å². The van der Waals surface area contributed by atoms with Gasteiger partial charge in [0.25, 0.3) is 0 Å². The Morgan fingerprint density at radius 2 is 1.84 bits per heavy atom. The Morgan fingerprint density at radius 3 is 2.59 bits per heavy atom. The van der Waals surface area contributed by atoms with Crippen molar-refractivity contribution in [3.63, 3.8) is 0 Å². The summed E-state index contributed by atoms with van der Waals surface area (Å²) in [5.74, 6) is 3.79. The molecule has 3 heteroatoms. The normalized spacial score (nSPS) is 38.1. The lowest BCUT2D eigenvalue weighted by Crippen LogP contribution is -2.50. The zero-order chi connectivity index (χ0) is 26.4. The molecule has 0 spiro atoms. The third-order valence-electron chi connectivity index (χ3n) is 11.7. The highest BCUT2D eigenvalue weighted by Crippen LogP contribution is 2.67. The van der Waals surface area contributed by atoms with E-state index in [1.165, 1.54) is 44.9 Å². The van der Waals surface area contributed by atoms with Crippen molar-refractivity contribution >= 4 is 5.97 Å². The Hall–Kier alpha value is -1.61. The number of carbonyl (C=O) groups is 1. The van der Waals surface area contributed by atoms with Gasteiger partial charge >= 0.3 is 5.97 Å². The van der Waals surface area contributed by atoms with Crippen molar-refractivity contribution in [3.05, 3.63) is 47.5 Å². The Bertz CT molecular complexity index is 996. The van der Waals surface area contributed by atoms with Crippen LogP contribution in [0.3, 0.4) is 0 Å². The van der Waals surface area contributed by atoms with Crippen LogP contribution in [0.4, 0.5) is 0 Å². The molecule has 1 N–H and O–H groups in total. The number of esters is 1. The second-order valence-electron chi connectivity index (χ2n) is 14.3. The lowest BCUT2D eigenvalue weighted by molar-refractivity contribution is -0.0576. The molecule has 3 fully saturated rings. The number of allylic oxidation sites excluding steroid dienone is 1. The van der Waals surface area contributed by atoms with E-state index in [0.717, 1.165) is 49.4 Å². The van der Waals surface area contributed by atoms with Crippen LogP contribution in [0.25, 0.3) is 0 Å². The number of rotatable bonds is 7. The Balaban J connectivity index is 1.18. The van der Waals surface area contributed by atoms with Gasteiger partial charge in [0.05, 0.1) is 11.7 Å². The monoisotopic (exact) mass is 506 g/mol. The zero-order valence-electron chi connectivity index (χ0n) is 24.0. The maximum Gasteiger partial charge on any atom is 0.338 e. The molecule has 0 saturated heterocycles. The number of hydrogen-bond acceptors (Lipinski definition) is 3. The van der Waals surface area contributed by atoms with Gasteiger partial charge in [-0.15, -0.1) is 0 Å². The predicted molar refractivity (Wildman–Crippen MR) is 150 cm³/mol. The second kappa shape index (κ2) is 10.2. The van der Waals surface area contributed by atoms with E-state index in [4.69, 9.17) is 4.74 Å². The molecular formula is C34H50O3. The molecule has 0 heterocycles.